The number of rotatable bonds is 3. The van der Waals surface area contributed by atoms with Crippen molar-refractivity contribution in [2.24, 2.45) is 11.7 Å². The van der Waals surface area contributed by atoms with Crippen molar-refractivity contribution in [1.29, 1.82) is 0 Å². The lowest BCUT2D eigenvalue weighted by atomic mass is 10.00. The number of carbonyl (C=O) groups is 1. The number of nitrogens with two attached hydrogens (primary N) is 1. The van der Waals surface area contributed by atoms with Gasteiger partial charge in [0.15, 0.2) is 0 Å². The minimum absolute atomic E-state index is 0.0686. The standard InChI is InChI=1S/C14H19BrN2O/c1-9-7-11(5-6-12(9)15)17-14(18)8-10-3-2-4-13(10)16/h5-7,10,13H,2-4,8,16H2,1H3,(H,17,18)/t10-,13+/m0/s1. The predicted molar refractivity (Wildman–Crippen MR) is 77.4 cm³/mol. The van der Waals surface area contributed by atoms with E-state index in [0.29, 0.717) is 12.3 Å². The molecule has 0 spiro atoms. The lowest BCUT2D eigenvalue weighted by Gasteiger charge is -2.15. The van der Waals surface area contributed by atoms with Gasteiger partial charge in [-0.15, -0.1) is 0 Å². The van der Waals surface area contributed by atoms with Gasteiger partial charge >= 0.3 is 0 Å². The van der Waals surface area contributed by atoms with E-state index in [4.69, 9.17) is 5.73 Å². The van der Waals surface area contributed by atoms with E-state index in [1.165, 1.54) is 0 Å². The Hall–Kier alpha value is -0.870. The third kappa shape index (κ3) is 3.33. The Balaban J connectivity index is 1.92. The van der Waals surface area contributed by atoms with Crippen molar-refractivity contribution < 1.29 is 4.79 Å². The minimum atomic E-state index is 0.0686. The van der Waals surface area contributed by atoms with Crippen molar-refractivity contribution in [2.45, 2.75) is 38.6 Å². The third-order valence-corrected chi connectivity index (χ3v) is 4.50. The van der Waals surface area contributed by atoms with Crippen LogP contribution in [0, 0.1) is 12.8 Å². The first kappa shape index (κ1) is 13.6. The fraction of sp³-hybridized carbons (Fsp3) is 0.500. The SMILES string of the molecule is Cc1cc(NC(=O)C[C@@H]2CCC[C@H]2N)ccc1Br. The van der Waals surface area contributed by atoms with Crippen LogP contribution in [0.3, 0.4) is 0 Å². The molecule has 2 rings (SSSR count). The van der Waals surface area contributed by atoms with E-state index in [-0.39, 0.29) is 11.9 Å². The summed E-state index contributed by atoms with van der Waals surface area (Å²) in [6.45, 7) is 2.01. The molecule has 3 nitrogen and oxygen atoms in total. The van der Waals surface area contributed by atoms with Crippen LogP contribution in [0.1, 0.15) is 31.2 Å². The first-order valence-corrected chi connectivity index (χ1v) is 7.17. The van der Waals surface area contributed by atoms with E-state index in [9.17, 15) is 4.79 Å². The molecule has 0 aromatic heterocycles. The van der Waals surface area contributed by atoms with Crippen LogP contribution in [0.5, 0.6) is 0 Å². The van der Waals surface area contributed by atoms with E-state index < -0.39 is 0 Å². The van der Waals surface area contributed by atoms with Gasteiger partial charge in [0.25, 0.3) is 0 Å². The molecule has 0 saturated heterocycles. The number of hydrogen-bond acceptors (Lipinski definition) is 2. The summed E-state index contributed by atoms with van der Waals surface area (Å²) in [5, 5.41) is 2.94. The number of aryl methyl sites for hydroxylation is 1. The van der Waals surface area contributed by atoms with E-state index in [1.807, 2.05) is 25.1 Å². The molecule has 3 N–H and O–H groups in total. The number of nitrogens with one attached hydrogen (secondary N) is 1. The average Bonchev–Trinajstić information content (AvgIpc) is 2.70. The Kier molecular flexibility index (Phi) is 4.40. The molecular formula is C14H19BrN2O. The summed E-state index contributed by atoms with van der Waals surface area (Å²) < 4.78 is 1.05. The Morgan fingerprint density at radius 2 is 2.28 bits per heavy atom. The molecular weight excluding hydrogens is 292 g/mol. The molecule has 1 saturated carbocycles. The molecule has 98 valence electrons. The molecule has 4 heteroatoms. The summed E-state index contributed by atoms with van der Waals surface area (Å²) >= 11 is 3.45. The van der Waals surface area contributed by atoms with Crippen LogP contribution in [-0.4, -0.2) is 11.9 Å². The summed E-state index contributed by atoms with van der Waals surface area (Å²) in [4.78, 5) is 11.9. The molecule has 1 fully saturated rings. The molecule has 1 aromatic rings. The minimum Gasteiger partial charge on any atom is -0.327 e. The van der Waals surface area contributed by atoms with Gasteiger partial charge in [-0.3, -0.25) is 4.79 Å². The number of benzene rings is 1. The average molecular weight is 311 g/mol. The monoisotopic (exact) mass is 310 g/mol. The first-order chi connectivity index (χ1) is 8.56. The molecule has 1 aromatic carbocycles. The molecule has 0 unspecified atom stereocenters. The Morgan fingerprint density at radius 3 is 2.89 bits per heavy atom. The van der Waals surface area contributed by atoms with Crippen molar-refractivity contribution in [3.63, 3.8) is 0 Å². The summed E-state index contributed by atoms with van der Waals surface area (Å²) in [7, 11) is 0. The number of amides is 1. The maximum absolute atomic E-state index is 11.9. The Morgan fingerprint density at radius 1 is 1.50 bits per heavy atom. The Labute approximate surface area is 116 Å². The second kappa shape index (κ2) is 5.85. The quantitative estimate of drug-likeness (QED) is 0.900. The summed E-state index contributed by atoms with van der Waals surface area (Å²) in [5.41, 5.74) is 7.95. The van der Waals surface area contributed by atoms with Gasteiger partial charge in [-0.1, -0.05) is 22.4 Å². The molecule has 18 heavy (non-hydrogen) atoms. The molecule has 2 atom stereocenters. The summed E-state index contributed by atoms with van der Waals surface area (Å²) in [5.74, 6) is 0.417. The van der Waals surface area contributed by atoms with Gasteiger partial charge in [0.2, 0.25) is 5.91 Å². The van der Waals surface area contributed by atoms with Crippen molar-refractivity contribution in [3.05, 3.63) is 28.2 Å². The molecule has 1 aliphatic rings. The van der Waals surface area contributed by atoms with Gasteiger partial charge in [-0.05, 0) is 49.4 Å². The van der Waals surface area contributed by atoms with Gasteiger partial charge in [0, 0.05) is 22.6 Å². The highest BCUT2D eigenvalue weighted by Gasteiger charge is 2.25. The zero-order chi connectivity index (χ0) is 13.1. The van der Waals surface area contributed by atoms with E-state index in [1.54, 1.807) is 0 Å². The normalized spacial score (nSPS) is 23.1. The number of halogens is 1. The molecule has 0 aliphatic heterocycles. The van der Waals surface area contributed by atoms with Gasteiger partial charge < -0.3 is 11.1 Å². The number of carbonyl (C=O) groups excluding carboxylic acids is 1. The van der Waals surface area contributed by atoms with Crippen LogP contribution in [0.15, 0.2) is 22.7 Å². The highest BCUT2D eigenvalue weighted by molar-refractivity contribution is 9.10. The van der Waals surface area contributed by atoms with Gasteiger partial charge in [0.05, 0.1) is 0 Å². The van der Waals surface area contributed by atoms with Crippen LogP contribution < -0.4 is 11.1 Å². The summed E-state index contributed by atoms with van der Waals surface area (Å²) in [6.07, 6.45) is 3.82. The highest BCUT2D eigenvalue weighted by atomic mass is 79.9. The lowest BCUT2D eigenvalue weighted by Crippen LogP contribution is -2.28. The van der Waals surface area contributed by atoms with Crippen molar-refractivity contribution in [3.8, 4) is 0 Å². The molecule has 0 bridgehead atoms. The third-order valence-electron chi connectivity index (χ3n) is 3.61. The summed E-state index contributed by atoms with van der Waals surface area (Å²) in [6, 6.07) is 6.02. The zero-order valence-corrected chi connectivity index (χ0v) is 12.2. The second-order valence-corrected chi connectivity index (χ2v) is 5.93. The molecule has 1 amide bonds. The Bertz CT molecular complexity index is 447. The zero-order valence-electron chi connectivity index (χ0n) is 10.6. The first-order valence-electron chi connectivity index (χ1n) is 6.38. The number of anilines is 1. The topological polar surface area (TPSA) is 55.1 Å². The van der Waals surface area contributed by atoms with Gasteiger partial charge in [-0.2, -0.15) is 0 Å². The van der Waals surface area contributed by atoms with Gasteiger partial charge in [-0.25, -0.2) is 0 Å². The largest absolute Gasteiger partial charge is 0.327 e. The van der Waals surface area contributed by atoms with Crippen molar-refractivity contribution in [2.75, 3.05) is 5.32 Å². The second-order valence-electron chi connectivity index (χ2n) is 5.07. The van der Waals surface area contributed by atoms with E-state index in [2.05, 4.69) is 21.2 Å². The van der Waals surface area contributed by atoms with E-state index >= 15 is 0 Å². The van der Waals surface area contributed by atoms with E-state index in [0.717, 1.165) is 35.0 Å². The fourth-order valence-electron chi connectivity index (χ4n) is 2.49. The molecule has 0 radical (unpaired) electrons. The van der Waals surface area contributed by atoms with Crippen LogP contribution in [0.4, 0.5) is 5.69 Å². The lowest BCUT2D eigenvalue weighted by molar-refractivity contribution is -0.117. The van der Waals surface area contributed by atoms with Crippen LogP contribution >= 0.6 is 15.9 Å². The van der Waals surface area contributed by atoms with Crippen LogP contribution in [0.2, 0.25) is 0 Å². The number of hydrogen-bond donors (Lipinski definition) is 2. The smallest absolute Gasteiger partial charge is 0.224 e. The predicted octanol–water partition coefficient (Wildman–Crippen LogP) is 3.21. The fourth-order valence-corrected chi connectivity index (χ4v) is 2.74. The van der Waals surface area contributed by atoms with Crippen LogP contribution in [-0.2, 0) is 4.79 Å². The molecule has 0 heterocycles. The highest BCUT2D eigenvalue weighted by Crippen LogP contribution is 2.27. The van der Waals surface area contributed by atoms with Crippen molar-refractivity contribution in [1.82, 2.24) is 0 Å². The van der Waals surface area contributed by atoms with Crippen molar-refractivity contribution >= 4 is 27.5 Å². The molecule has 1 aliphatic carbocycles. The van der Waals surface area contributed by atoms with Crippen LogP contribution in [0.25, 0.3) is 0 Å². The van der Waals surface area contributed by atoms with Gasteiger partial charge in [0.1, 0.15) is 0 Å². The maximum Gasteiger partial charge on any atom is 0.224 e. The maximum atomic E-state index is 11.9.